The fraction of sp³-hybridized carbons (Fsp3) is 0.714. The second kappa shape index (κ2) is 69.2. The SMILES string of the molecule is CC/C=C\C/C=C\C/C=C\C/C=C\CCCCCCC(=O)OCC(COP(=O)(O)OCC(O)COP(=O)(O)OCC(COC(=O)CCCC/C=C\C/C=C\C/C=C\C/C=C\CC)OC(=O)CCCCCCCCCCCCCCC)OC(=O)CCCCCCC/C=C\CCCC. The van der Waals surface area contributed by atoms with Crippen LogP contribution in [-0.2, 0) is 65.4 Å². The van der Waals surface area contributed by atoms with Crippen LogP contribution in [0.25, 0.3) is 0 Å². The van der Waals surface area contributed by atoms with Crippen LogP contribution in [-0.4, -0.2) is 96.7 Å². The summed E-state index contributed by atoms with van der Waals surface area (Å²) >= 11 is 0. The van der Waals surface area contributed by atoms with Crippen LogP contribution in [0.2, 0.25) is 0 Å². The van der Waals surface area contributed by atoms with E-state index in [9.17, 15) is 43.2 Å². The van der Waals surface area contributed by atoms with Crippen molar-refractivity contribution >= 4 is 39.5 Å². The standard InChI is InChI=1S/C77H132O17P2/c1-5-9-13-17-21-25-29-32-34-35-37-40-43-46-50-54-58-62-75(80)87-67-72(93-76(81)63-59-55-51-47-41-28-24-20-16-12-8-4)69-91-95(83,84)89-65-71(78)66-90-96(85,86)92-70-73(94-77(82)64-60-56-52-48-44-38-31-27-23-19-15-11-7-3)68-88-74(79)61-57-53-49-45-42-39-36-33-30-26-22-18-14-10-6-2/h9-10,13-14,20-22,24-26,32-34,36-37,40,42,45,71-73,78H,5-8,11-12,15-19,23,27-31,35,38-39,41,43-44,46-70H2,1-4H3,(H,83,84)(H,85,86)/b13-9-,14-10-,24-20-,25-21-,26-22-,34-32-,36-33-,40-37-,45-42-. The van der Waals surface area contributed by atoms with Gasteiger partial charge < -0.3 is 33.8 Å². The lowest BCUT2D eigenvalue weighted by Gasteiger charge is -2.21. The Balaban J connectivity index is 5.36. The first-order valence-corrected chi connectivity index (χ1v) is 40.1. The van der Waals surface area contributed by atoms with Gasteiger partial charge in [0.25, 0.3) is 0 Å². The van der Waals surface area contributed by atoms with Crippen molar-refractivity contribution in [1.29, 1.82) is 0 Å². The molecule has 0 rings (SSSR count). The number of carbonyl (C=O) groups is 4. The smallest absolute Gasteiger partial charge is 0.462 e. The highest BCUT2D eigenvalue weighted by Crippen LogP contribution is 2.45. The van der Waals surface area contributed by atoms with Crippen molar-refractivity contribution in [3.63, 3.8) is 0 Å². The lowest BCUT2D eigenvalue weighted by molar-refractivity contribution is -0.161. The molecule has 0 aliphatic carbocycles. The fourth-order valence-corrected chi connectivity index (χ4v) is 11.2. The fourth-order valence-electron chi connectivity index (χ4n) is 9.59. The van der Waals surface area contributed by atoms with Gasteiger partial charge in [0.05, 0.1) is 26.4 Å². The van der Waals surface area contributed by atoms with Gasteiger partial charge in [-0.2, -0.15) is 0 Å². The van der Waals surface area contributed by atoms with Crippen molar-refractivity contribution in [3.05, 3.63) is 109 Å². The molecule has 0 fully saturated rings. The zero-order chi connectivity index (χ0) is 70.4. The van der Waals surface area contributed by atoms with Gasteiger partial charge in [0.1, 0.15) is 19.3 Å². The van der Waals surface area contributed by atoms with Crippen molar-refractivity contribution in [2.75, 3.05) is 39.6 Å². The number of aliphatic hydroxyl groups is 1. The molecule has 0 radical (unpaired) electrons. The lowest BCUT2D eigenvalue weighted by atomic mass is 10.0. The second-order valence-corrected chi connectivity index (χ2v) is 27.4. The van der Waals surface area contributed by atoms with Gasteiger partial charge in [0.15, 0.2) is 12.2 Å². The van der Waals surface area contributed by atoms with Crippen molar-refractivity contribution < 1.29 is 80.2 Å². The van der Waals surface area contributed by atoms with Gasteiger partial charge in [-0.1, -0.05) is 259 Å². The summed E-state index contributed by atoms with van der Waals surface area (Å²) < 4.78 is 68.3. The minimum atomic E-state index is -4.98. The number of phosphoric ester groups is 2. The van der Waals surface area contributed by atoms with E-state index in [0.29, 0.717) is 25.7 Å². The molecule has 0 heterocycles. The van der Waals surface area contributed by atoms with Crippen LogP contribution >= 0.6 is 15.6 Å². The van der Waals surface area contributed by atoms with E-state index in [1.165, 1.54) is 64.2 Å². The molecule has 0 spiro atoms. The number of esters is 4. The molecule has 0 aromatic rings. The highest BCUT2D eigenvalue weighted by atomic mass is 31.2. The summed E-state index contributed by atoms with van der Waals surface area (Å²) in [5.41, 5.74) is 0. The predicted octanol–water partition coefficient (Wildman–Crippen LogP) is 21.0. The van der Waals surface area contributed by atoms with Gasteiger partial charge in [-0.3, -0.25) is 37.3 Å². The molecule has 552 valence electrons. The highest BCUT2D eigenvalue weighted by Gasteiger charge is 2.30. The van der Waals surface area contributed by atoms with E-state index >= 15 is 0 Å². The van der Waals surface area contributed by atoms with E-state index in [1.54, 1.807) is 0 Å². The molecule has 0 amide bonds. The Labute approximate surface area is 581 Å². The van der Waals surface area contributed by atoms with E-state index in [2.05, 4.69) is 137 Å². The molecule has 96 heavy (non-hydrogen) atoms. The number of ether oxygens (including phenoxy) is 4. The van der Waals surface area contributed by atoms with E-state index < -0.39 is 97.5 Å². The summed E-state index contributed by atoms with van der Waals surface area (Å²) in [7, 11) is -9.96. The second-order valence-electron chi connectivity index (χ2n) is 24.5. The number of carbonyl (C=O) groups excluding carboxylic acids is 4. The van der Waals surface area contributed by atoms with Crippen LogP contribution in [0.15, 0.2) is 109 Å². The summed E-state index contributed by atoms with van der Waals surface area (Å²) in [4.78, 5) is 72.7. The third-order valence-electron chi connectivity index (χ3n) is 15.2. The van der Waals surface area contributed by atoms with Crippen LogP contribution in [0.1, 0.15) is 297 Å². The average molecular weight is 1390 g/mol. The van der Waals surface area contributed by atoms with E-state index in [4.69, 9.17) is 37.0 Å². The molecule has 0 saturated carbocycles. The van der Waals surface area contributed by atoms with E-state index in [1.807, 2.05) is 0 Å². The number of hydrogen-bond donors (Lipinski definition) is 3. The van der Waals surface area contributed by atoms with E-state index in [-0.39, 0.29) is 25.7 Å². The molecule has 0 bridgehead atoms. The molecule has 0 aliphatic heterocycles. The monoisotopic (exact) mass is 1390 g/mol. The number of allylic oxidation sites excluding steroid dienone is 18. The minimum absolute atomic E-state index is 0.0770. The molecule has 0 saturated heterocycles. The summed E-state index contributed by atoms with van der Waals surface area (Å²) in [5, 5.41) is 10.6. The van der Waals surface area contributed by atoms with Gasteiger partial charge in [-0.15, -0.1) is 0 Å². The van der Waals surface area contributed by atoms with E-state index in [0.717, 1.165) is 154 Å². The van der Waals surface area contributed by atoms with Crippen LogP contribution in [0.4, 0.5) is 0 Å². The summed E-state index contributed by atoms with van der Waals surface area (Å²) in [5.74, 6) is -2.25. The summed E-state index contributed by atoms with van der Waals surface area (Å²) in [6.07, 6.45) is 72.4. The number of phosphoric acid groups is 2. The van der Waals surface area contributed by atoms with Crippen molar-refractivity contribution in [2.45, 2.75) is 316 Å². The maximum Gasteiger partial charge on any atom is 0.472 e. The molecule has 3 N–H and O–H groups in total. The third-order valence-corrected chi connectivity index (χ3v) is 17.1. The minimum Gasteiger partial charge on any atom is -0.462 e. The average Bonchev–Trinajstić information content (AvgIpc) is 1.13. The number of unbranched alkanes of at least 4 members (excludes halogenated alkanes) is 25. The third kappa shape index (κ3) is 68.3. The topological polar surface area (TPSA) is 237 Å². The van der Waals surface area contributed by atoms with Crippen LogP contribution in [0, 0.1) is 0 Å². The molecule has 5 unspecified atom stereocenters. The van der Waals surface area contributed by atoms with Gasteiger partial charge in [0, 0.05) is 25.7 Å². The quantitative estimate of drug-likeness (QED) is 0.0169. The first kappa shape index (κ1) is 91.7. The van der Waals surface area contributed by atoms with Crippen molar-refractivity contribution in [3.8, 4) is 0 Å². The molecule has 17 nitrogen and oxygen atoms in total. The lowest BCUT2D eigenvalue weighted by Crippen LogP contribution is -2.30. The van der Waals surface area contributed by atoms with Crippen LogP contribution in [0.3, 0.4) is 0 Å². The maximum atomic E-state index is 13.0. The Bertz CT molecular complexity index is 2250. The molecule has 0 aromatic carbocycles. The normalized spacial score (nSPS) is 14.6. The van der Waals surface area contributed by atoms with Gasteiger partial charge in [0.2, 0.25) is 0 Å². The number of rotatable bonds is 69. The number of hydrogen-bond acceptors (Lipinski definition) is 15. The molecule has 5 atom stereocenters. The largest absolute Gasteiger partial charge is 0.472 e. The molecule has 0 aromatic heterocycles. The Hall–Kier alpha value is -4.28. The van der Waals surface area contributed by atoms with Crippen LogP contribution < -0.4 is 0 Å². The zero-order valence-corrected chi connectivity index (χ0v) is 61.8. The molecule has 0 aliphatic rings. The number of aliphatic hydroxyl groups excluding tert-OH is 1. The van der Waals surface area contributed by atoms with Crippen LogP contribution in [0.5, 0.6) is 0 Å². The zero-order valence-electron chi connectivity index (χ0n) is 60.0. The Morgan fingerprint density at radius 3 is 0.896 bits per heavy atom. The summed E-state index contributed by atoms with van der Waals surface area (Å²) in [6, 6.07) is 0. The Kier molecular flexibility index (Phi) is 66.1. The molecule has 19 heteroatoms. The predicted molar refractivity (Wildman–Crippen MR) is 390 cm³/mol. The Morgan fingerprint density at radius 1 is 0.302 bits per heavy atom. The first-order valence-electron chi connectivity index (χ1n) is 37.1. The van der Waals surface area contributed by atoms with Gasteiger partial charge in [-0.25, -0.2) is 9.13 Å². The van der Waals surface area contributed by atoms with Crippen molar-refractivity contribution in [1.82, 2.24) is 0 Å². The molecular weight excluding hydrogens is 1260 g/mol. The Morgan fingerprint density at radius 2 is 0.552 bits per heavy atom. The highest BCUT2D eigenvalue weighted by molar-refractivity contribution is 7.47. The van der Waals surface area contributed by atoms with Crippen molar-refractivity contribution in [2.24, 2.45) is 0 Å². The first-order chi connectivity index (χ1) is 46.7. The van der Waals surface area contributed by atoms with Gasteiger partial charge in [-0.05, 0) is 122 Å². The maximum absolute atomic E-state index is 13.0. The van der Waals surface area contributed by atoms with Gasteiger partial charge >= 0.3 is 39.5 Å². The molecular formula is C77H132O17P2. The summed E-state index contributed by atoms with van der Waals surface area (Å²) in [6.45, 7) is 4.52.